The number of carbonyl (C=O) groups is 1. The highest BCUT2D eigenvalue weighted by atomic mass is 16.3. The van der Waals surface area contributed by atoms with Crippen LogP contribution >= 0.6 is 0 Å². The van der Waals surface area contributed by atoms with Gasteiger partial charge in [-0.15, -0.1) is 0 Å². The van der Waals surface area contributed by atoms with E-state index in [4.69, 9.17) is 0 Å². The first-order valence-electron chi connectivity index (χ1n) is 7.04. The lowest BCUT2D eigenvalue weighted by Crippen LogP contribution is -2.06. The molecular weight excluding hydrogens is 224 g/mol. The average molecular weight is 248 g/mol. The lowest BCUT2D eigenvalue weighted by molar-refractivity contribution is -0.105. The summed E-state index contributed by atoms with van der Waals surface area (Å²) in [5.41, 5.74) is 2.39. The maximum atomic E-state index is 11.1. The first kappa shape index (κ1) is 13.5. The number of aldehydes is 1. The summed E-state index contributed by atoms with van der Waals surface area (Å²) in [6.07, 6.45) is 10.7. The molecule has 1 N–H and O–H groups in total. The lowest BCUT2D eigenvalue weighted by Gasteiger charge is -2.07. The lowest BCUT2D eigenvalue weighted by atomic mass is 10.0. The summed E-state index contributed by atoms with van der Waals surface area (Å²) >= 11 is 0. The number of rotatable bonds is 2. The van der Waals surface area contributed by atoms with E-state index in [0.29, 0.717) is 11.8 Å². The van der Waals surface area contributed by atoms with Crippen LogP contribution in [-0.4, -0.2) is 18.0 Å². The SMILES string of the molecule is CC1=CCCCC(C=O)=CC2C(CC1)C2(C)CO. The Kier molecular flexibility index (Phi) is 4.06. The van der Waals surface area contributed by atoms with Gasteiger partial charge in [-0.2, -0.15) is 0 Å². The zero-order valence-electron chi connectivity index (χ0n) is 11.5. The second-order valence-electron chi connectivity index (χ2n) is 6.14. The summed E-state index contributed by atoms with van der Waals surface area (Å²) in [6.45, 7) is 4.57. The Labute approximate surface area is 110 Å². The Morgan fingerprint density at radius 3 is 2.94 bits per heavy atom. The minimum atomic E-state index is 0.00768. The molecule has 1 saturated carbocycles. The minimum Gasteiger partial charge on any atom is -0.396 e. The maximum Gasteiger partial charge on any atom is 0.145 e. The molecule has 0 aromatic rings. The van der Waals surface area contributed by atoms with Gasteiger partial charge in [-0.25, -0.2) is 0 Å². The summed E-state index contributed by atoms with van der Waals surface area (Å²) in [7, 11) is 0. The monoisotopic (exact) mass is 248 g/mol. The van der Waals surface area contributed by atoms with E-state index in [1.807, 2.05) is 0 Å². The van der Waals surface area contributed by atoms with Crippen molar-refractivity contribution in [1.29, 1.82) is 0 Å². The van der Waals surface area contributed by atoms with Gasteiger partial charge in [0.15, 0.2) is 0 Å². The number of carbonyl (C=O) groups excluding carboxylic acids is 1. The first-order chi connectivity index (χ1) is 8.61. The number of fused-ring (bicyclic) bond motifs is 1. The number of allylic oxidation sites excluding steroid dienone is 4. The van der Waals surface area contributed by atoms with Crippen molar-refractivity contribution in [3.05, 3.63) is 23.3 Å². The third kappa shape index (κ3) is 2.59. The van der Waals surface area contributed by atoms with Gasteiger partial charge in [-0.1, -0.05) is 24.6 Å². The smallest absolute Gasteiger partial charge is 0.145 e. The van der Waals surface area contributed by atoms with Crippen molar-refractivity contribution in [2.75, 3.05) is 6.61 Å². The predicted octanol–water partition coefficient (Wildman–Crippen LogP) is 3.27. The van der Waals surface area contributed by atoms with E-state index in [0.717, 1.165) is 44.0 Å². The van der Waals surface area contributed by atoms with Crippen LogP contribution in [0.2, 0.25) is 0 Å². The molecule has 0 bridgehead atoms. The largest absolute Gasteiger partial charge is 0.396 e. The molecule has 0 saturated heterocycles. The third-order valence-electron chi connectivity index (χ3n) is 4.83. The van der Waals surface area contributed by atoms with Gasteiger partial charge in [-0.05, 0) is 56.4 Å². The van der Waals surface area contributed by atoms with Crippen LogP contribution in [0.5, 0.6) is 0 Å². The summed E-state index contributed by atoms with van der Waals surface area (Å²) in [4.78, 5) is 11.1. The molecule has 0 aromatic heterocycles. The van der Waals surface area contributed by atoms with Crippen molar-refractivity contribution >= 4 is 6.29 Å². The standard InChI is InChI=1S/C16H24O2/c1-12-5-3-4-6-13(10-17)9-15-14(8-7-12)16(15,2)11-18/h5,9-10,14-15,18H,3-4,6-8,11H2,1-2H3. The van der Waals surface area contributed by atoms with E-state index in [-0.39, 0.29) is 12.0 Å². The van der Waals surface area contributed by atoms with Crippen LogP contribution < -0.4 is 0 Å². The molecule has 0 amide bonds. The van der Waals surface area contributed by atoms with Crippen LogP contribution in [0, 0.1) is 17.3 Å². The molecule has 18 heavy (non-hydrogen) atoms. The molecule has 2 aliphatic carbocycles. The van der Waals surface area contributed by atoms with Crippen molar-refractivity contribution in [1.82, 2.24) is 0 Å². The molecule has 3 unspecified atom stereocenters. The van der Waals surface area contributed by atoms with Crippen LogP contribution in [0.15, 0.2) is 23.3 Å². The first-order valence-corrected chi connectivity index (χ1v) is 7.04. The molecule has 1 fully saturated rings. The van der Waals surface area contributed by atoms with Gasteiger partial charge < -0.3 is 5.11 Å². The zero-order chi connectivity index (χ0) is 13.2. The second-order valence-corrected chi connectivity index (χ2v) is 6.14. The van der Waals surface area contributed by atoms with Crippen molar-refractivity contribution in [2.24, 2.45) is 17.3 Å². The number of aliphatic hydroxyl groups is 1. The highest BCUT2D eigenvalue weighted by Gasteiger charge is 2.58. The van der Waals surface area contributed by atoms with Crippen molar-refractivity contribution < 1.29 is 9.90 Å². The van der Waals surface area contributed by atoms with E-state index in [9.17, 15) is 9.90 Å². The Morgan fingerprint density at radius 2 is 2.28 bits per heavy atom. The summed E-state index contributed by atoms with van der Waals surface area (Å²) in [6, 6.07) is 0. The number of hydrogen-bond donors (Lipinski definition) is 1. The van der Waals surface area contributed by atoms with E-state index >= 15 is 0 Å². The summed E-state index contributed by atoms with van der Waals surface area (Å²) < 4.78 is 0. The van der Waals surface area contributed by atoms with Crippen LogP contribution in [0.25, 0.3) is 0 Å². The normalized spacial score (nSPS) is 36.8. The molecule has 2 nitrogen and oxygen atoms in total. The summed E-state index contributed by atoms with van der Waals surface area (Å²) in [5, 5.41) is 9.57. The molecule has 2 rings (SSSR count). The van der Waals surface area contributed by atoms with E-state index in [2.05, 4.69) is 26.0 Å². The number of hydrogen-bond acceptors (Lipinski definition) is 2. The molecule has 100 valence electrons. The molecule has 0 aliphatic heterocycles. The molecule has 0 spiro atoms. The molecular formula is C16H24O2. The second kappa shape index (κ2) is 5.40. The summed E-state index contributed by atoms with van der Waals surface area (Å²) in [5.74, 6) is 0.937. The Hall–Kier alpha value is -0.890. The van der Waals surface area contributed by atoms with Crippen LogP contribution in [-0.2, 0) is 4.79 Å². The van der Waals surface area contributed by atoms with Gasteiger partial charge in [0, 0.05) is 12.0 Å². The van der Waals surface area contributed by atoms with Gasteiger partial charge in [0.2, 0.25) is 0 Å². The zero-order valence-corrected chi connectivity index (χ0v) is 11.5. The van der Waals surface area contributed by atoms with Crippen LogP contribution in [0.4, 0.5) is 0 Å². The maximum absolute atomic E-state index is 11.1. The fourth-order valence-electron chi connectivity index (χ4n) is 3.29. The highest BCUT2D eigenvalue weighted by molar-refractivity contribution is 5.73. The average Bonchev–Trinajstić information content (AvgIpc) is 2.95. The molecule has 2 aliphatic rings. The fourth-order valence-corrected chi connectivity index (χ4v) is 3.29. The van der Waals surface area contributed by atoms with Crippen molar-refractivity contribution in [2.45, 2.75) is 46.0 Å². The van der Waals surface area contributed by atoms with Gasteiger partial charge in [0.05, 0.1) is 0 Å². The number of aliphatic hydroxyl groups excluding tert-OH is 1. The van der Waals surface area contributed by atoms with Gasteiger partial charge in [-0.3, -0.25) is 4.79 Å². The van der Waals surface area contributed by atoms with Crippen LogP contribution in [0.3, 0.4) is 0 Å². The van der Waals surface area contributed by atoms with E-state index in [1.165, 1.54) is 5.57 Å². The quantitative estimate of drug-likeness (QED) is 0.601. The Balaban J connectivity index is 2.17. The molecule has 2 heteroatoms. The topological polar surface area (TPSA) is 37.3 Å². The van der Waals surface area contributed by atoms with Gasteiger partial charge in [0.1, 0.15) is 6.29 Å². The molecule has 0 heterocycles. The van der Waals surface area contributed by atoms with Gasteiger partial charge >= 0.3 is 0 Å². The van der Waals surface area contributed by atoms with Crippen molar-refractivity contribution in [3.63, 3.8) is 0 Å². The van der Waals surface area contributed by atoms with Crippen LogP contribution in [0.1, 0.15) is 46.0 Å². The molecule has 0 aromatic carbocycles. The third-order valence-corrected chi connectivity index (χ3v) is 4.83. The minimum absolute atomic E-state index is 0.00768. The molecule has 3 atom stereocenters. The fraction of sp³-hybridized carbons (Fsp3) is 0.688. The van der Waals surface area contributed by atoms with Gasteiger partial charge in [0.25, 0.3) is 0 Å². The highest BCUT2D eigenvalue weighted by Crippen LogP contribution is 2.61. The van der Waals surface area contributed by atoms with E-state index in [1.54, 1.807) is 0 Å². The predicted molar refractivity (Wildman–Crippen MR) is 73.2 cm³/mol. The van der Waals surface area contributed by atoms with E-state index < -0.39 is 0 Å². The molecule has 0 radical (unpaired) electrons. The Morgan fingerprint density at radius 1 is 1.50 bits per heavy atom. The van der Waals surface area contributed by atoms with Crippen molar-refractivity contribution in [3.8, 4) is 0 Å². The Bertz CT molecular complexity index is 381.